The monoisotopic (exact) mass is 403 g/mol. The van der Waals surface area contributed by atoms with Crippen molar-refractivity contribution in [2.24, 2.45) is 0 Å². The summed E-state index contributed by atoms with van der Waals surface area (Å²) in [5.74, 6) is 2.43. The van der Waals surface area contributed by atoms with E-state index >= 15 is 0 Å². The van der Waals surface area contributed by atoms with Crippen LogP contribution in [0.15, 0.2) is 41.3 Å². The Bertz CT molecular complexity index is 1010. The minimum absolute atomic E-state index is 0.223. The summed E-state index contributed by atoms with van der Waals surface area (Å²) in [5.41, 5.74) is 0.919. The second kappa shape index (κ2) is 6.86. The highest BCUT2D eigenvalue weighted by Gasteiger charge is 2.37. The van der Waals surface area contributed by atoms with Crippen molar-refractivity contribution in [3.8, 4) is 23.0 Å². The first kappa shape index (κ1) is 17.6. The Labute approximate surface area is 163 Å². The number of sulfonamides is 1. The van der Waals surface area contributed by atoms with Crippen molar-refractivity contribution in [1.82, 2.24) is 4.31 Å². The number of ether oxygens (including phenoxy) is 4. The zero-order valence-electron chi connectivity index (χ0n) is 15.3. The van der Waals surface area contributed by atoms with Gasteiger partial charge in [0.05, 0.1) is 10.9 Å². The van der Waals surface area contributed by atoms with E-state index in [0.29, 0.717) is 56.0 Å². The van der Waals surface area contributed by atoms with Crippen LogP contribution in [0.3, 0.4) is 0 Å². The lowest BCUT2D eigenvalue weighted by Gasteiger charge is -2.27. The van der Waals surface area contributed by atoms with E-state index < -0.39 is 10.0 Å². The number of hydrogen-bond donors (Lipinski definition) is 0. The maximum absolute atomic E-state index is 13.4. The third kappa shape index (κ3) is 2.97. The highest BCUT2D eigenvalue weighted by Crippen LogP contribution is 2.41. The molecule has 3 heterocycles. The third-order valence-electron chi connectivity index (χ3n) is 5.27. The lowest BCUT2D eigenvalue weighted by atomic mass is 10.0. The number of fused-ring (bicyclic) bond motifs is 2. The minimum Gasteiger partial charge on any atom is -0.486 e. The van der Waals surface area contributed by atoms with Gasteiger partial charge in [-0.25, -0.2) is 8.42 Å². The molecule has 28 heavy (non-hydrogen) atoms. The molecule has 2 aromatic rings. The van der Waals surface area contributed by atoms with E-state index in [4.69, 9.17) is 18.9 Å². The number of nitrogens with zero attached hydrogens (tertiary/aromatic N) is 1. The summed E-state index contributed by atoms with van der Waals surface area (Å²) in [4.78, 5) is 0.223. The highest BCUT2D eigenvalue weighted by molar-refractivity contribution is 7.89. The van der Waals surface area contributed by atoms with Gasteiger partial charge in [0.15, 0.2) is 23.0 Å². The summed E-state index contributed by atoms with van der Waals surface area (Å²) in [6, 6.07) is 10.3. The number of hydrogen-bond acceptors (Lipinski definition) is 6. The molecule has 0 N–H and O–H groups in total. The van der Waals surface area contributed by atoms with Crippen molar-refractivity contribution in [2.75, 3.05) is 33.0 Å². The van der Waals surface area contributed by atoms with Crippen LogP contribution < -0.4 is 18.9 Å². The maximum Gasteiger partial charge on any atom is 0.243 e. The van der Waals surface area contributed by atoms with Gasteiger partial charge in [0.25, 0.3) is 0 Å². The van der Waals surface area contributed by atoms with Crippen molar-refractivity contribution >= 4 is 10.0 Å². The molecule has 0 spiro atoms. The van der Waals surface area contributed by atoms with Crippen molar-refractivity contribution in [3.63, 3.8) is 0 Å². The first-order valence-corrected chi connectivity index (χ1v) is 10.9. The SMILES string of the molecule is O=S(=O)(c1ccc2c(c1)OCCO2)N1CCC[C@@H]1c1ccc2c(c1)OCCO2. The molecule has 2 aromatic carbocycles. The lowest BCUT2D eigenvalue weighted by molar-refractivity contribution is 0.171. The average molecular weight is 403 g/mol. The largest absolute Gasteiger partial charge is 0.486 e. The summed E-state index contributed by atoms with van der Waals surface area (Å²) in [6.45, 7) is 2.40. The van der Waals surface area contributed by atoms with E-state index in [1.165, 1.54) is 0 Å². The Morgan fingerprint density at radius 2 is 1.39 bits per heavy atom. The zero-order valence-corrected chi connectivity index (χ0v) is 16.1. The summed E-state index contributed by atoms with van der Waals surface area (Å²) in [6.07, 6.45) is 1.58. The normalized spacial score (nSPS) is 21.5. The molecular formula is C20H21NO6S. The molecule has 0 radical (unpaired) electrons. The summed E-state index contributed by atoms with van der Waals surface area (Å²) in [5, 5.41) is 0. The summed E-state index contributed by atoms with van der Waals surface area (Å²) < 4.78 is 50.6. The molecule has 1 atom stereocenters. The maximum atomic E-state index is 13.4. The molecule has 0 amide bonds. The van der Waals surface area contributed by atoms with Crippen LogP contribution >= 0.6 is 0 Å². The number of benzene rings is 2. The molecule has 1 fully saturated rings. The van der Waals surface area contributed by atoms with Gasteiger partial charge in [-0.2, -0.15) is 4.31 Å². The Morgan fingerprint density at radius 1 is 0.786 bits per heavy atom. The lowest BCUT2D eigenvalue weighted by Crippen LogP contribution is -2.31. The van der Waals surface area contributed by atoms with Crippen LogP contribution in [0.1, 0.15) is 24.4 Å². The van der Waals surface area contributed by atoms with Crippen LogP contribution in [0.5, 0.6) is 23.0 Å². The van der Waals surface area contributed by atoms with Crippen molar-refractivity contribution in [3.05, 3.63) is 42.0 Å². The smallest absolute Gasteiger partial charge is 0.243 e. The van der Waals surface area contributed by atoms with Gasteiger partial charge in [-0.3, -0.25) is 0 Å². The quantitative estimate of drug-likeness (QED) is 0.785. The highest BCUT2D eigenvalue weighted by atomic mass is 32.2. The third-order valence-corrected chi connectivity index (χ3v) is 7.18. The first-order chi connectivity index (χ1) is 13.6. The Hall–Kier alpha value is -2.45. The van der Waals surface area contributed by atoms with Gasteiger partial charge in [0, 0.05) is 12.6 Å². The Kier molecular flexibility index (Phi) is 4.32. The van der Waals surface area contributed by atoms with Gasteiger partial charge >= 0.3 is 0 Å². The molecule has 1 saturated heterocycles. The Morgan fingerprint density at radius 3 is 2.11 bits per heavy atom. The van der Waals surface area contributed by atoms with Crippen molar-refractivity contribution in [1.29, 1.82) is 0 Å². The number of rotatable bonds is 3. The second-order valence-corrected chi connectivity index (χ2v) is 8.87. The molecule has 0 aliphatic carbocycles. The summed E-state index contributed by atoms with van der Waals surface area (Å²) >= 11 is 0. The minimum atomic E-state index is -3.67. The average Bonchev–Trinajstić information content (AvgIpc) is 3.24. The van der Waals surface area contributed by atoms with Crippen molar-refractivity contribution < 1.29 is 27.4 Å². The molecule has 0 unspecified atom stereocenters. The predicted molar refractivity (Wildman–Crippen MR) is 101 cm³/mol. The standard InChI is InChI=1S/C20H21NO6S/c22-28(23,15-4-6-18-20(13-15)27-11-9-25-18)21-7-1-2-16(21)14-3-5-17-19(12-14)26-10-8-24-17/h3-6,12-13,16H,1-2,7-11H2/t16-/m1/s1. The van der Waals surface area contributed by atoms with Gasteiger partial charge in [0.1, 0.15) is 26.4 Å². The van der Waals surface area contributed by atoms with E-state index in [9.17, 15) is 8.42 Å². The van der Waals surface area contributed by atoms with E-state index in [1.54, 1.807) is 22.5 Å². The molecule has 8 heteroatoms. The molecular weight excluding hydrogens is 382 g/mol. The van der Waals surface area contributed by atoms with Gasteiger partial charge in [-0.05, 0) is 42.7 Å². The molecule has 0 aromatic heterocycles. The topological polar surface area (TPSA) is 74.3 Å². The molecule has 0 saturated carbocycles. The fourth-order valence-electron chi connectivity index (χ4n) is 3.95. The molecule has 0 bridgehead atoms. The van der Waals surface area contributed by atoms with Crippen LogP contribution in [0.4, 0.5) is 0 Å². The van der Waals surface area contributed by atoms with Crippen LogP contribution in [-0.4, -0.2) is 45.7 Å². The molecule has 148 valence electrons. The van der Waals surface area contributed by atoms with Gasteiger partial charge in [0.2, 0.25) is 10.0 Å². The van der Waals surface area contributed by atoms with Crippen LogP contribution in [-0.2, 0) is 10.0 Å². The van der Waals surface area contributed by atoms with Gasteiger partial charge in [-0.15, -0.1) is 0 Å². The van der Waals surface area contributed by atoms with Crippen molar-refractivity contribution in [2.45, 2.75) is 23.8 Å². The molecule has 5 rings (SSSR count). The van der Waals surface area contributed by atoms with Crippen LogP contribution in [0, 0.1) is 0 Å². The molecule has 7 nitrogen and oxygen atoms in total. The first-order valence-electron chi connectivity index (χ1n) is 9.44. The van der Waals surface area contributed by atoms with Gasteiger partial charge in [-0.1, -0.05) is 6.07 Å². The second-order valence-electron chi connectivity index (χ2n) is 6.98. The Balaban J connectivity index is 1.47. The molecule has 3 aliphatic heterocycles. The summed E-state index contributed by atoms with van der Waals surface area (Å²) in [7, 11) is -3.67. The molecule has 3 aliphatic rings. The van der Waals surface area contributed by atoms with E-state index in [0.717, 1.165) is 18.4 Å². The van der Waals surface area contributed by atoms with Crippen LogP contribution in [0.25, 0.3) is 0 Å². The fraction of sp³-hybridized carbons (Fsp3) is 0.400. The zero-order chi connectivity index (χ0) is 19.1. The van der Waals surface area contributed by atoms with E-state index in [1.807, 2.05) is 18.2 Å². The van der Waals surface area contributed by atoms with Gasteiger partial charge < -0.3 is 18.9 Å². The fourth-order valence-corrected chi connectivity index (χ4v) is 5.65. The predicted octanol–water partition coefficient (Wildman–Crippen LogP) is 2.75. The van der Waals surface area contributed by atoms with E-state index in [2.05, 4.69) is 0 Å². The van der Waals surface area contributed by atoms with Crippen LogP contribution in [0.2, 0.25) is 0 Å². The van der Waals surface area contributed by atoms with E-state index in [-0.39, 0.29) is 10.9 Å².